The standard InChI is InChI=1S/C21H26N2O4S/c1-3-15(2)27-17-10-6-5-9-16(17)13-18-20(25)23(21(26)28-18)14-19(24)22-11-7-4-8-12-22/h5-6,9-10,13,15H,3-4,7-8,11-12,14H2,1-2H3/b18-13-/t15-/m1/s1. The van der Waals surface area contributed by atoms with Crippen molar-refractivity contribution in [2.45, 2.75) is 45.6 Å². The van der Waals surface area contributed by atoms with Crippen LogP contribution < -0.4 is 4.74 Å². The Bertz CT molecular complexity index is 786. The second-order valence-electron chi connectivity index (χ2n) is 7.08. The first kappa shape index (κ1) is 20.5. The van der Waals surface area contributed by atoms with E-state index < -0.39 is 11.1 Å². The van der Waals surface area contributed by atoms with Gasteiger partial charge in [0.1, 0.15) is 12.3 Å². The number of nitrogens with zero attached hydrogens (tertiary/aromatic N) is 2. The van der Waals surface area contributed by atoms with Crippen LogP contribution in [0.5, 0.6) is 5.75 Å². The summed E-state index contributed by atoms with van der Waals surface area (Å²) in [6.45, 7) is 5.23. The number of imide groups is 1. The molecular weight excluding hydrogens is 376 g/mol. The third-order valence-corrected chi connectivity index (χ3v) is 5.89. The van der Waals surface area contributed by atoms with Crippen LogP contribution in [0.2, 0.25) is 0 Å². The lowest BCUT2D eigenvalue weighted by Crippen LogP contribution is -2.44. The zero-order chi connectivity index (χ0) is 20.1. The van der Waals surface area contributed by atoms with Gasteiger partial charge in [0.2, 0.25) is 5.91 Å². The number of ether oxygens (including phenoxy) is 1. The minimum atomic E-state index is -0.418. The van der Waals surface area contributed by atoms with Crippen LogP contribution in [0, 0.1) is 0 Å². The second kappa shape index (κ2) is 9.28. The molecule has 0 unspecified atom stereocenters. The number of likely N-dealkylation sites (tertiary alicyclic amines) is 1. The first-order valence-corrected chi connectivity index (χ1v) is 10.6. The minimum absolute atomic E-state index is 0.0479. The molecule has 2 aliphatic heterocycles. The van der Waals surface area contributed by atoms with Crippen LogP contribution in [0.25, 0.3) is 6.08 Å². The molecule has 3 amide bonds. The van der Waals surface area contributed by atoms with Gasteiger partial charge < -0.3 is 9.64 Å². The van der Waals surface area contributed by atoms with Crippen molar-refractivity contribution < 1.29 is 19.1 Å². The van der Waals surface area contributed by atoms with Crippen molar-refractivity contribution in [3.05, 3.63) is 34.7 Å². The van der Waals surface area contributed by atoms with Crippen molar-refractivity contribution in [1.82, 2.24) is 9.80 Å². The molecule has 3 rings (SSSR count). The van der Waals surface area contributed by atoms with Gasteiger partial charge in [0.15, 0.2) is 0 Å². The van der Waals surface area contributed by atoms with Crippen molar-refractivity contribution in [2.75, 3.05) is 19.6 Å². The Balaban J connectivity index is 1.73. The topological polar surface area (TPSA) is 66.9 Å². The summed E-state index contributed by atoms with van der Waals surface area (Å²) >= 11 is 0.871. The minimum Gasteiger partial charge on any atom is -0.490 e. The van der Waals surface area contributed by atoms with E-state index in [9.17, 15) is 14.4 Å². The van der Waals surface area contributed by atoms with E-state index in [4.69, 9.17) is 4.74 Å². The van der Waals surface area contributed by atoms with Gasteiger partial charge >= 0.3 is 0 Å². The van der Waals surface area contributed by atoms with Crippen molar-refractivity contribution in [3.63, 3.8) is 0 Å². The molecule has 0 spiro atoms. The average Bonchev–Trinajstić information content (AvgIpc) is 2.97. The molecule has 6 nitrogen and oxygen atoms in total. The molecule has 1 aromatic rings. The van der Waals surface area contributed by atoms with E-state index in [1.165, 1.54) is 0 Å². The summed E-state index contributed by atoms with van der Waals surface area (Å²) in [5, 5.41) is -0.401. The summed E-state index contributed by atoms with van der Waals surface area (Å²) in [6.07, 6.45) is 5.65. The molecule has 28 heavy (non-hydrogen) atoms. The van der Waals surface area contributed by atoms with Crippen LogP contribution in [0.1, 0.15) is 45.1 Å². The van der Waals surface area contributed by atoms with Gasteiger partial charge in [-0.1, -0.05) is 25.1 Å². The lowest BCUT2D eigenvalue weighted by molar-refractivity contribution is -0.136. The number of para-hydroxylation sites is 1. The molecular formula is C21H26N2O4S. The molecule has 2 saturated heterocycles. The van der Waals surface area contributed by atoms with Gasteiger partial charge in [-0.25, -0.2) is 0 Å². The summed E-state index contributed by atoms with van der Waals surface area (Å²) in [6, 6.07) is 7.43. The highest BCUT2D eigenvalue weighted by Crippen LogP contribution is 2.34. The fraction of sp³-hybridized carbons (Fsp3) is 0.476. The van der Waals surface area contributed by atoms with Gasteiger partial charge in [-0.3, -0.25) is 19.3 Å². The highest BCUT2D eigenvalue weighted by Gasteiger charge is 2.37. The van der Waals surface area contributed by atoms with E-state index >= 15 is 0 Å². The van der Waals surface area contributed by atoms with Crippen LogP contribution in [0.15, 0.2) is 29.2 Å². The van der Waals surface area contributed by atoms with Crippen LogP contribution in [0.3, 0.4) is 0 Å². The van der Waals surface area contributed by atoms with Crippen LogP contribution in [-0.2, 0) is 9.59 Å². The Morgan fingerprint density at radius 1 is 1.21 bits per heavy atom. The predicted molar refractivity (Wildman–Crippen MR) is 110 cm³/mol. The fourth-order valence-electron chi connectivity index (χ4n) is 3.16. The number of carbonyl (C=O) groups excluding carboxylic acids is 3. The first-order chi connectivity index (χ1) is 13.5. The molecule has 0 saturated carbocycles. The Morgan fingerprint density at radius 2 is 1.93 bits per heavy atom. The quantitative estimate of drug-likeness (QED) is 0.675. The van der Waals surface area contributed by atoms with Crippen molar-refractivity contribution in [2.24, 2.45) is 0 Å². The highest BCUT2D eigenvalue weighted by molar-refractivity contribution is 8.18. The van der Waals surface area contributed by atoms with E-state index in [-0.39, 0.29) is 18.6 Å². The molecule has 150 valence electrons. The van der Waals surface area contributed by atoms with E-state index in [1.807, 2.05) is 38.1 Å². The normalized spacial score (nSPS) is 20.0. The number of hydrogen-bond acceptors (Lipinski definition) is 5. The Kier molecular flexibility index (Phi) is 6.78. The lowest BCUT2D eigenvalue weighted by Gasteiger charge is -2.27. The largest absolute Gasteiger partial charge is 0.490 e. The molecule has 2 fully saturated rings. The smallest absolute Gasteiger partial charge is 0.294 e. The number of piperidine rings is 1. The van der Waals surface area contributed by atoms with Gasteiger partial charge in [-0.05, 0) is 56.5 Å². The summed E-state index contributed by atoms with van der Waals surface area (Å²) in [5.41, 5.74) is 0.746. The molecule has 1 aromatic carbocycles. The monoisotopic (exact) mass is 402 g/mol. The third-order valence-electron chi connectivity index (χ3n) is 4.98. The summed E-state index contributed by atoms with van der Waals surface area (Å²) < 4.78 is 5.91. The molecule has 1 atom stereocenters. The Morgan fingerprint density at radius 3 is 2.64 bits per heavy atom. The second-order valence-corrected chi connectivity index (χ2v) is 8.08. The number of amides is 3. The highest BCUT2D eigenvalue weighted by atomic mass is 32.2. The maximum absolute atomic E-state index is 12.7. The number of benzene rings is 1. The number of rotatable bonds is 6. The third kappa shape index (κ3) is 4.76. The van der Waals surface area contributed by atoms with Gasteiger partial charge in [0.25, 0.3) is 11.1 Å². The molecule has 2 aliphatic rings. The van der Waals surface area contributed by atoms with Gasteiger partial charge in [-0.2, -0.15) is 0 Å². The van der Waals surface area contributed by atoms with Crippen molar-refractivity contribution in [1.29, 1.82) is 0 Å². The van der Waals surface area contributed by atoms with Crippen LogP contribution in [0.4, 0.5) is 4.79 Å². The van der Waals surface area contributed by atoms with Crippen LogP contribution >= 0.6 is 11.8 Å². The van der Waals surface area contributed by atoms with Gasteiger partial charge in [0, 0.05) is 18.7 Å². The lowest BCUT2D eigenvalue weighted by atomic mass is 10.1. The SMILES string of the molecule is CC[C@@H](C)Oc1ccccc1/C=C1\SC(=O)N(CC(=O)N2CCCCC2)C1=O. The molecule has 0 N–H and O–H groups in total. The summed E-state index contributed by atoms with van der Waals surface area (Å²) in [7, 11) is 0. The molecule has 0 bridgehead atoms. The van der Waals surface area contributed by atoms with E-state index in [2.05, 4.69) is 0 Å². The van der Waals surface area contributed by atoms with E-state index in [0.717, 1.165) is 47.9 Å². The summed E-state index contributed by atoms with van der Waals surface area (Å²) in [5.74, 6) is 0.0931. The van der Waals surface area contributed by atoms with Crippen LogP contribution in [-0.4, -0.2) is 52.6 Å². The van der Waals surface area contributed by atoms with E-state index in [1.54, 1.807) is 11.0 Å². The van der Waals surface area contributed by atoms with Gasteiger partial charge in [0.05, 0.1) is 11.0 Å². The van der Waals surface area contributed by atoms with Gasteiger partial charge in [-0.15, -0.1) is 0 Å². The number of carbonyl (C=O) groups is 3. The molecule has 7 heteroatoms. The first-order valence-electron chi connectivity index (χ1n) is 9.78. The maximum Gasteiger partial charge on any atom is 0.294 e. The zero-order valence-corrected chi connectivity index (χ0v) is 17.2. The molecule has 0 radical (unpaired) electrons. The van der Waals surface area contributed by atoms with Crippen molar-refractivity contribution in [3.8, 4) is 5.75 Å². The molecule has 2 heterocycles. The van der Waals surface area contributed by atoms with E-state index in [0.29, 0.717) is 23.7 Å². The Hall–Kier alpha value is -2.28. The Labute approximate surface area is 169 Å². The zero-order valence-electron chi connectivity index (χ0n) is 16.3. The predicted octanol–water partition coefficient (Wildman–Crippen LogP) is 3.91. The molecule has 0 aromatic heterocycles. The fourth-order valence-corrected chi connectivity index (χ4v) is 3.99. The number of thioether (sulfide) groups is 1. The van der Waals surface area contributed by atoms with Crippen molar-refractivity contribution >= 4 is 34.9 Å². The average molecular weight is 403 g/mol. The molecule has 0 aliphatic carbocycles. The number of hydrogen-bond donors (Lipinski definition) is 0. The maximum atomic E-state index is 12.7. The summed E-state index contributed by atoms with van der Waals surface area (Å²) in [4.78, 5) is 40.6.